The molecule has 15 heavy (non-hydrogen) atoms. The van der Waals surface area contributed by atoms with Gasteiger partial charge in [-0.1, -0.05) is 21.1 Å². The lowest BCUT2D eigenvalue weighted by Gasteiger charge is -1.98. The third kappa shape index (κ3) is 2.17. The van der Waals surface area contributed by atoms with Crippen molar-refractivity contribution in [1.29, 1.82) is 0 Å². The van der Waals surface area contributed by atoms with Gasteiger partial charge in [0.2, 0.25) is 0 Å². The first-order valence-corrected chi connectivity index (χ1v) is 4.99. The summed E-state index contributed by atoms with van der Waals surface area (Å²) in [5, 5.41) is 3.82. The number of ether oxygens (including phenoxy) is 2. The normalized spacial score (nSPS) is 9.80. The smallest absolute Gasteiger partial charge is 0.377 e. The van der Waals surface area contributed by atoms with Crippen molar-refractivity contribution in [1.82, 2.24) is 5.16 Å². The van der Waals surface area contributed by atoms with Crippen LogP contribution in [-0.4, -0.2) is 31.3 Å². The molecule has 0 saturated carbocycles. The van der Waals surface area contributed by atoms with Gasteiger partial charge in [0.15, 0.2) is 0 Å². The second-order valence-corrected chi connectivity index (χ2v) is 3.01. The highest BCUT2D eigenvalue weighted by Gasteiger charge is 2.28. The number of aromatic nitrogens is 1. The Bertz CT molecular complexity index is 386. The Labute approximate surface area is 93.6 Å². The molecule has 0 unspecified atom stereocenters. The Hall–Kier alpha value is -1.37. The van der Waals surface area contributed by atoms with Crippen LogP contribution in [0.1, 0.15) is 26.6 Å². The highest BCUT2D eigenvalue weighted by molar-refractivity contribution is 9.08. The molecule has 0 aliphatic rings. The van der Waals surface area contributed by atoms with E-state index in [4.69, 9.17) is 4.52 Å². The second-order valence-electron chi connectivity index (χ2n) is 2.45. The molecule has 0 N–H and O–H groups in total. The lowest BCUT2D eigenvalue weighted by atomic mass is 10.2. The maximum absolute atomic E-state index is 11.3. The lowest BCUT2D eigenvalue weighted by molar-refractivity contribution is 0.0521. The van der Waals surface area contributed by atoms with Gasteiger partial charge >= 0.3 is 11.9 Å². The topological polar surface area (TPSA) is 78.6 Å². The van der Waals surface area contributed by atoms with Crippen molar-refractivity contribution >= 4 is 27.9 Å². The maximum atomic E-state index is 11.3. The van der Waals surface area contributed by atoms with Gasteiger partial charge in [-0.2, -0.15) is 0 Å². The first kappa shape index (κ1) is 11.7. The van der Waals surface area contributed by atoms with Gasteiger partial charge in [-0.05, 0) is 0 Å². The van der Waals surface area contributed by atoms with Crippen LogP contribution in [-0.2, 0) is 14.8 Å². The van der Waals surface area contributed by atoms with Crippen LogP contribution < -0.4 is 0 Å². The highest BCUT2D eigenvalue weighted by atomic mass is 79.9. The average molecular weight is 278 g/mol. The van der Waals surface area contributed by atoms with Crippen LogP contribution in [0, 0.1) is 0 Å². The van der Waals surface area contributed by atoms with Crippen molar-refractivity contribution in [2.75, 3.05) is 14.2 Å². The number of rotatable bonds is 3. The quantitative estimate of drug-likeness (QED) is 0.609. The zero-order chi connectivity index (χ0) is 11.4. The van der Waals surface area contributed by atoms with Crippen LogP contribution in [0.5, 0.6) is 0 Å². The molecule has 0 spiro atoms. The summed E-state index contributed by atoms with van der Waals surface area (Å²) in [7, 11) is 2.38. The zero-order valence-corrected chi connectivity index (χ0v) is 9.66. The third-order valence-corrected chi connectivity index (χ3v) is 2.18. The van der Waals surface area contributed by atoms with E-state index in [1.54, 1.807) is 0 Å². The molecule has 0 radical (unpaired) electrons. The van der Waals surface area contributed by atoms with Crippen molar-refractivity contribution in [3.8, 4) is 0 Å². The predicted molar refractivity (Wildman–Crippen MR) is 51.8 cm³/mol. The summed E-state index contributed by atoms with van der Waals surface area (Å²) < 4.78 is 13.6. The second kappa shape index (κ2) is 4.92. The van der Waals surface area contributed by atoms with E-state index in [9.17, 15) is 9.59 Å². The van der Waals surface area contributed by atoms with Crippen LogP contribution in [0.4, 0.5) is 0 Å². The third-order valence-electron chi connectivity index (χ3n) is 1.65. The van der Waals surface area contributed by atoms with Crippen LogP contribution in [0.25, 0.3) is 0 Å². The summed E-state index contributed by atoms with van der Waals surface area (Å²) in [6, 6.07) is 0. The fraction of sp³-hybridized carbons (Fsp3) is 0.375. The van der Waals surface area contributed by atoms with Gasteiger partial charge in [0.1, 0.15) is 11.3 Å². The molecule has 1 rings (SSSR count). The number of methoxy groups -OCH3 is 2. The van der Waals surface area contributed by atoms with E-state index in [-0.39, 0.29) is 16.7 Å². The zero-order valence-electron chi connectivity index (χ0n) is 8.07. The molecule has 0 atom stereocenters. The number of hydrogen-bond donors (Lipinski definition) is 0. The van der Waals surface area contributed by atoms with E-state index in [2.05, 4.69) is 30.6 Å². The van der Waals surface area contributed by atoms with Crippen molar-refractivity contribution in [2.45, 2.75) is 5.33 Å². The van der Waals surface area contributed by atoms with Crippen LogP contribution in [0.3, 0.4) is 0 Å². The molecular formula is C8H8BrNO5. The number of alkyl halides is 1. The van der Waals surface area contributed by atoms with E-state index in [1.165, 1.54) is 14.2 Å². The monoisotopic (exact) mass is 277 g/mol. The molecule has 82 valence electrons. The number of hydrogen-bond acceptors (Lipinski definition) is 6. The van der Waals surface area contributed by atoms with Crippen molar-refractivity contribution in [3.63, 3.8) is 0 Å². The summed E-state index contributed by atoms with van der Waals surface area (Å²) in [5.74, 6) is -1.71. The van der Waals surface area contributed by atoms with E-state index >= 15 is 0 Å². The maximum Gasteiger partial charge on any atom is 0.377 e. The summed E-state index contributed by atoms with van der Waals surface area (Å²) >= 11 is 3.11. The molecule has 0 aliphatic heterocycles. The molecule has 7 heteroatoms. The molecular weight excluding hydrogens is 270 g/mol. The van der Waals surface area contributed by atoms with E-state index in [1.807, 2.05) is 0 Å². The van der Waals surface area contributed by atoms with E-state index in [0.717, 1.165) is 0 Å². The first-order chi connectivity index (χ1) is 7.15. The number of carbonyl (C=O) groups is 2. The SMILES string of the molecule is COC(=O)c1onc(CBr)c1C(=O)OC. The summed E-state index contributed by atoms with van der Waals surface area (Å²) in [6.07, 6.45) is 0. The van der Waals surface area contributed by atoms with Gasteiger partial charge < -0.3 is 14.0 Å². The Morgan fingerprint density at radius 2 is 1.93 bits per heavy atom. The first-order valence-electron chi connectivity index (χ1n) is 3.86. The number of nitrogens with zero attached hydrogens (tertiary/aromatic N) is 1. The largest absolute Gasteiger partial charge is 0.465 e. The van der Waals surface area contributed by atoms with Crippen molar-refractivity contribution in [2.24, 2.45) is 0 Å². The van der Waals surface area contributed by atoms with Gasteiger partial charge in [-0.3, -0.25) is 0 Å². The van der Waals surface area contributed by atoms with Crippen LogP contribution >= 0.6 is 15.9 Å². The van der Waals surface area contributed by atoms with Crippen LogP contribution in [0.15, 0.2) is 4.52 Å². The molecule has 6 nitrogen and oxygen atoms in total. The fourth-order valence-corrected chi connectivity index (χ4v) is 1.34. The van der Waals surface area contributed by atoms with Gasteiger partial charge in [-0.15, -0.1) is 0 Å². The minimum Gasteiger partial charge on any atom is -0.465 e. The summed E-state index contributed by atoms with van der Waals surface area (Å²) in [4.78, 5) is 22.5. The standard InChI is InChI=1S/C8H8BrNO5/c1-13-7(11)5-4(3-9)10-15-6(5)8(12)14-2/h3H2,1-2H3. The molecule has 1 heterocycles. The van der Waals surface area contributed by atoms with Crippen molar-refractivity contribution < 1.29 is 23.6 Å². The van der Waals surface area contributed by atoms with Crippen LogP contribution in [0.2, 0.25) is 0 Å². The van der Waals surface area contributed by atoms with Gasteiger partial charge in [-0.25, -0.2) is 9.59 Å². The molecule has 1 aromatic heterocycles. The molecule has 1 aromatic rings. The predicted octanol–water partition coefficient (Wildman–Crippen LogP) is 1.14. The Morgan fingerprint density at radius 3 is 2.40 bits per heavy atom. The Balaban J connectivity index is 3.23. The lowest BCUT2D eigenvalue weighted by Crippen LogP contribution is -2.10. The summed E-state index contributed by atoms with van der Waals surface area (Å²) in [6.45, 7) is 0. The molecule has 0 amide bonds. The number of halogens is 1. The van der Waals surface area contributed by atoms with E-state index < -0.39 is 11.9 Å². The molecule has 0 saturated heterocycles. The molecule has 0 bridgehead atoms. The number of carbonyl (C=O) groups excluding carboxylic acids is 2. The molecule has 0 aliphatic carbocycles. The molecule has 0 aromatic carbocycles. The Kier molecular flexibility index (Phi) is 3.84. The summed E-state index contributed by atoms with van der Waals surface area (Å²) in [5.41, 5.74) is 0.281. The Morgan fingerprint density at radius 1 is 1.33 bits per heavy atom. The minimum atomic E-state index is -0.768. The van der Waals surface area contributed by atoms with E-state index in [0.29, 0.717) is 5.69 Å². The highest BCUT2D eigenvalue weighted by Crippen LogP contribution is 2.18. The average Bonchev–Trinajstić information content (AvgIpc) is 2.70. The van der Waals surface area contributed by atoms with Gasteiger partial charge in [0.25, 0.3) is 5.76 Å². The van der Waals surface area contributed by atoms with Gasteiger partial charge in [0, 0.05) is 0 Å². The molecule has 0 fully saturated rings. The van der Waals surface area contributed by atoms with Crippen molar-refractivity contribution in [3.05, 3.63) is 17.0 Å². The fourth-order valence-electron chi connectivity index (χ4n) is 0.959. The minimum absolute atomic E-state index is 0.0128. The van der Waals surface area contributed by atoms with Gasteiger partial charge in [0.05, 0.1) is 19.5 Å². The number of esters is 2.